The standard InChI is InChI=1S/C19H23N5O2S/c1-10-11(2)21-16-8-15(22-24(16)18(10)25)14-6-5-7-23(9-14)19(26)17-12(3)20-13(4)27-17/h8,14,22H,5-7,9H2,1-4H3/t14-/m0/s1. The van der Waals surface area contributed by atoms with Crippen molar-refractivity contribution in [1.29, 1.82) is 0 Å². The van der Waals surface area contributed by atoms with Gasteiger partial charge in [0.1, 0.15) is 4.88 Å². The number of likely N-dealkylation sites (tertiary alicyclic amines) is 1. The van der Waals surface area contributed by atoms with Gasteiger partial charge in [-0.25, -0.2) is 14.5 Å². The van der Waals surface area contributed by atoms with Crippen molar-refractivity contribution in [3.05, 3.63) is 49.0 Å². The van der Waals surface area contributed by atoms with Crippen LogP contribution in [0.2, 0.25) is 0 Å². The Morgan fingerprint density at radius 2 is 2.00 bits per heavy atom. The quantitative estimate of drug-likeness (QED) is 0.735. The number of aromatic amines is 1. The van der Waals surface area contributed by atoms with Crippen molar-refractivity contribution in [2.45, 2.75) is 46.5 Å². The Labute approximate surface area is 161 Å². The minimum absolute atomic E-state index is 0.0564. The van der Waals surface area contributed by atoms with Crippen LogP contribution in [0.5, 0.6) is 0 Å². The largest absolute Gasteiger partial charge is 0.337 e. The van der Waals surface area contributed by atoms with E-state index in [0.717, 1.165) is 46.4 Å². The number of H-pyrrole nitrogens is 1. The second-order valence-electron chi connectivity index (χ2n) is 7.27. The highest BCUT2D eigenvalue weighted by atomic mass is 32.1. The molecule has 0 saturated carbocycles. The molecule has 1 amide bonds. The summed E-state index contributed by atoms with van der Waals surface area (Å²) in [5, 5.41) is 4.12. The summed E-state index contributed by atoms with van der Waals surface area (Å²) in [5.41, 5.74) is 3.73. The smallest absolute Gasteiger partial charge is 0.275 e. The lowest BCUT2D eigenvalue weighted by Gasteiger charge is -2.32. The van der Waals surface area contributed by atoms with Gasteiger partial charge in [0, 0.05) is 42.0 Å². The zero-order valence-electron chi connectivity index (χ0n) is 16.0. The molecule has 8 heteroatoms. The molecule has 1 atom stereocenters. The van der Waals surface area contributed by atoms with E-state index in [0.29, 0.717) is 17.8 Å². The Morgan fingerprint density at radius 3 is 2.70 bits per heavy atom. The van der Waals surface area contributed by atoms with Crippen LogP contribution in [0.4, 0.5) is 0 Å². The van der Waals surface area contributed by atoms with Crippen LogP contribution in [0.1, 0.15) is 56.1 Å². The third-order valence-corrected chi connectivity index (χ3v) is 6.41. The molecule has 4 rings (SSSR count). The molecule has 27 heavy (non-hydrogen) atoms. The van der Waals surface area contributed by atoms with Gasteiger partial charge >= 0.3 is 0 Å². The molecule has 0 spiro atoms. The van der Waals surface area contributed by atoms with E-state index < -0.39 is 0 Å². The van der Waals surface area contributed by atoms with Gasteiger partial charge in [0.25, 0.3) is 11.5 Å². The molecular formula is C19H23N5O2S. The number of carbonyl (C=O) groups excluding carboxylic acids is 1. The Kier molecular flexibility index (Phi) is 4.38. The van der Waals surface area contributed by atoms with Crippen molar-refractivity contribution in [2.24, 2.45) is 0 Å². The topological polar surface area (TPSA) is 83.4 Å². The molecule has 1 N–H and O–H groups in total. The fourth-order valence-corrected chi connectivity index (χ4v) is 4.62. The van der Waals surface area contributed by atoms with E-state index in [1.165, 1.54) is 15.9 Å². The minimum atomic E-state index is -0.0664. The van der Waals surface area contributed by atoms with Crippen molar-refractivity contribution in [1.82, 2.24) is 24.5 Å². The summed E-state index contributed by atoms with van der Waals surface area (Å²) in [7, 11) is 0. The van der Waals surface area contributed by atoms with E-state index >= 15 is 0 Å². The maximum absolute atomic E-state index is 12.9. The van der Waals surface area contributed by atoms with E-state index in [1.54, 1.807) is 6.92 Å². The number of thiazole rings is 1. The van der Waals surface area contributed by atoms with Gasteiger partial charge in [-0.2, -0.15) is 0 Å². The number of rotatable bonds is 2. The average molecular weight is 385 g/mol. The number of amides is 1. The first-order valence-corrected chi connectivity index (χ1v) is 9.99. The number of aromatic nitrogens is 4. The zero-order valence-corrected chi connectivity index (χ0v) is 16.8. The first-order chi connectivity index (χ1) is 12.8. The molecule has 142 valence electrons. The summed E-state index contributed by atoms with van der Waals surface area (Å²) in [4.78, 5) is 36.9. The Hall–Kier alpha value is -2.48. The molecule has 3 aromatic heterocycles. The van der Waals surface area contributed by atoms with E-state index in [-0.39, 0.29) is 17.4 Å². The van der Waals surface area contributed by atoms with Crippen molar-refractivity contribution < 1.29 is 4.79 Å². The van der Waals surface area contributed by atoms with E-state index in [4.69, 9.17) is 0 Å². The van der Waals surface area contributed by atoms with Gasteiger partial charge < -0.3 is 4.90 Å². The van der Waals surface area contributed by atoms with Crippen LogP contribution in [0.25, 0.3) is 5.65 Å². The second-order valence-corrected chi connectivity index (χ2v) is 8.47. The fraction of sp³-hybridized carbons (Fsp3) is 0.474. The lowest BCUT2D eigenvalue weighted by atomic mass is 9.94. The van der Waals surface area contributed by atoms with Gasteiger partial charge in [0.15, 0.2) is 5.65 Å². The monoisotopic (exact) mass is 385 g/mol. The van der Waals surface area contributed by atoms with E-state index in [9.17, 15) is 9.59 Å². The van der Waals surface area contributed by atoms with Crippen LogP contribution in [-0.2, 0) is 0 Å². The molecule has 7 nitrogen and oxygen atoms in total. The summed E-state index contributed by atoms with van der Waals surface area (Å²) >= 11 is 1.46. The van der Waals surface area contributed by atoms with Gasteiger partial charge in [-0.15, -0.1) is 11.3 Å². The predicted molar refractivity (Wildman–Crippen MR) is 105 cm³/mol. The predicted octanol–water partition coefficient (Wildman–Crippen LogP) is 2.73. The van der Waals surface area contributed by atoms with Crippen LogP contribution < -0.4 is 5.56 Å². The van der Waals surface area contributed by atoms with Crippen LogP contribution in [0, 0.1) is 27.7 Å². The number of hydrogen-bond donors (Lipinski definition) is 1. The number of nitrogens with one attached hydrogen (secondary N) is 1. The number of nitrogens with zero attached hydrogens (tertiary/aromatic N) is 4. The summed E-state index contributed by atoms with van der Waals surface area (Å²) in [5.74, 6) is 0.222. The molecule has 1 saturated heterocycles. The normalized spacial score (nSPS) is 17.6. The van der Waals surface area contributed by atoms with Gasteiger partial charge in [0.05, 0.1) is 10.7 Å². The zero-order chi connectivity index (χ0) is 19.3. The summed E-state index contributed by atoms with van der Waals surface area (Å²) < 4.78 is 1.51. The number of fused-ring (bicyclic) bond motifs is 1. The Bertz CT molecular complexity index is 1090. The second kappa shape index (κ2) is 6.60. The lowest BCUT2D eigenvalue weighted by molar-refractivity contribution is 0.0710. The SMILES string of the molecule is Cc1nc(C)c(C(=O)N2CCC[C@H](c3cc4nc(C)c(C)c(=O)n4[nH]3)C2)s1. The molecular weight excluding hydrogens is 362 g/mol. The van der Waals surface area contributed by atoms with Crippen LogP contribution >= 0.6 is 11.3 Å². The number of carbonyl (C=O) groups is 1. The molecule has 1 aliphatic heterocycles. The first-order valence-electron chi connectivity index (χ1n) is 9.17. The number of hydrogen-bond acceptors (Lipinski definition) is 5. The molecule has 0 aliphatic carbocycles. The molecule has 4 heterocycles. The summed E-state index contributed by atoms with van der Waals surface area (Å²) in [6, 6.07) is 1.94. The Balaban J connectivity index is 1.62. The summed E-state index contributed by atoms with van der Waals surface area (Å²) in [6.45, 7) is 8.84. The van der Waals surface area contributed by atoms with Gasteiger partial charge in [0.2, 0.25) is 0 Å². The number of aryl methyl sites for hydroxylation is 3. The molecule has 3 aromatic rings. The lowest BCUT2D eigenvalue weighted by Crippen LogP contribution is -2.39. The maximum Gasteiger partial charge on any atom is 0.275 e. The molecule has 1 fully saturated rings. The third kappa shape index (κ3) is 3.07. The molecule has 0 aromatic carbocycles. The van der Waals surface area contributed by atoms with E-state index in [2.05, 4.69) is 15.1 Å². The van der Waals surface area contributed by atoms with Gasteiger partial charge in [-0.3, -0.25) is 14.7 Å². The van der Waals surface area contributed by atoms with Crippen LogP contribution in [0.3, 0.4) is 0 Å². The van der Waals surface area contributed by atoms with Crippen molar-refractivity contribution in [2.75, 3.05) is 13.1 Å². The average Bonchev–Trinajstić information content (AvgIpc) is 3.22. The highest BCUT2D eigenvalue weighted by molar-refractivity contribution is 7.13. The fourth-order valence-electron chi connectivity index (χ4n) is 3.74. The van der Waals surface area contributed by atoms with Crippen molar-refractivity contribution in [3.63, 3.8) is 0 Å². The minimum Gasteiger partial charge on any atom is -0.337 e. The maximum atomic E-state index is 12.9. The first kappa shape index (κ1) is 17.9. The van der Waals surface area contributed by atoms with Crippen LogP contribution in [-0.4, -0.2) is 43.5 Å². The van der Waals surface area contributed by atoms with E-state index in [1.807, 2.05) is 31.7 Å². The van der Waals surface area contributed by atoms with Crippen molar-refractivity contribution in [3.8, 4) is 0 Å². The van der Waals surface area contributed by atoms with Crippen LogP contribution in [0.15, 0.2) is 10.9 Å². The summed E-state index contributed by atoms with van der Waals surface area (Å²) in [6.07, 6.45) is 1.91. The van der Waals surface area contributed by atoms with Crippen molar-refractivity contribution >= 4 is 22.9 Å². The molecule has 1 aliphatic rings. The highest BCUT2D eigenvalue weighted by Crippen LogP contribution is 2.29. The number of piperidine rings is 1. The van der Waals surface area contributed by atoms with Gasteiger partial charge in [-0.1, -0.05) is 0 Å². The molecule has 0 bridgehead atoms. The molecule has 0 radical (unpaired) electrons. The third-order valence-electron chi connectivity index (χ3n) is 5.35. The Morgan fingerprint density at radius 1 is 1.22 bits per heavy atom. The highest BCUT2D eigenvalue weighted by Gasteiger charge is 2.28. The van der Waals surface area contributed by atoms with Gasteiger partial charge in [-0.05, 0) is 40.5 Å². The molecule has 0 unspecified atom stereocenters.